The summed E-state index contributed by atoms with van der Waals surface area (Å²) in [5.74, 6) is 1.69. The molecule has 1 aromatic carbocycles. The van der Waals surface area contributed by atoms with Gasteiger partial charge in [-0.1, -0.05) is 18.2 Å². The van der Waals surface area contributed by atoms with E-state index in [4.69, 9.17) is 9.84 Å². The van der Waals surface area contributed by atoms with Gasteiger partial charge in [-0.15, -0.1) is 0 Å². The first kappa shape index (κ1) is 12.4. The zero-order chi connectivity index (χ0) is 12.1. The maximum Gasteiger partial charge on any atom is 0.123 e. The molecule has 0 amide bonds. The molecule has 0 aliphatic heterocycles. The van der Waals surface area contributed by atoms with Crippen molar-refractivity contribution in [1.29, 1.82) is 0 Å². The molecule has 2 rings (SSSR count). The third-order valence-electron chi connectivity index (χ3n) is 3.38. The van der Waals surface area contributed by atoms with Crippen LogP contribution < -0.4 is 10.1 Å². The summed E-state index contributed by atoms with van der Waals surface area (Å²) in [5, 5.41) is 12.6. The molecule has 0 saturated heterocycles. The summed E-state index contributed by atoms with van der Waals surface area (Å²) in [6.07, 6.45) is 3.44. The van der Waals surface area contributed by atoms with E-state index in [1.165, 1.54) is 18.4 Å². The van der Waals surface area contributed by atoms with Crippen molar-refractivity contribution in [3.63, 3.8) is 0 Å². The van der Waals surface area contributed by atoms with Crippen LogP contribution in [-0.4, -0.2) is 24.9 Å². The van der Waals surface area contributed by atoms with Crippen LogP contribution in [0.25, 0.3) is 0 Å². The van der Waals surface area contributed by atoms with Gasteiger partial charge >= 0.3 is 0 Å². The first-order valence-corrected chi connectivity index (χ1v) is 6.31. The fourth-order valence-corrected chi connectivity index (χ4v) is 2.23. The highest BCUT2D eigenvalue weighted by molar-refractivity contribution is 5.33. The van der Waals surface area contributed by atoms with E-state index in [0.717, 1.165) is 24.6 Å². The second-order valence-corrected chi connectivity index (χ2v) is 4.65. The Labute approximate surface area is 103 Å². The van der Waals surface area contributed by atoms with Crippen LogP contribution in [0.5, 0.6) is 5.75 Å². The number of nitrogens with one attached hydrogen (secondary N) is 1. The van der Waals surface area contributed by atoms with Crippen LogP contribution in [0, 0.1) is 5.92 Å². The summed E-state index contributed by atoms with van der Waals surface area (Å²) in [4.78, 5) is 0. The van der Waals surface area contributed by atoms with E-state index in [1.54, 1.807) is 7.11 Å². The van der Waals surface area contributed by atoms with Gasteiger partial charge in [-0.25, -0.2) is 0 Å². The molecule has 1 saturated carbocycles. The Bertz CT molecular complexity index is 350. The molecule has 0 aromatic heterocycles. The molecule has 1 aliphatic carbocycles. The lowest BCUT2D eigenvalue weighted by atomic mass is 10.1. The normalized spacial score (nSPS) is 16.8. The minimum atomic E-state index is 0.264. The molecule has 1 atom stereocenters. The number of methoxy groups -OCH3 is 1. The molecule has 1 aliphatic rings. The Morgan fingerprint density at radius 2 is 2.18 bits per heavy atom. The number of para-hydroxylation sites is 1. The summed E-state index contributed by atoms with van der Waals surface area (Å²) in [7, 11) is 1.70. The largest absolute Gasteiger partial charge is 0.496 e. The first-order chi connectivity index (χ1) is 8.35. The van der Waals surface area contributed by atoms with Crippen molar-refractivity contribution in [2.45, 2.75) is 31.8 Å². The quantitative estimate of drug-likeness (QED) is 0.759. The van der Waals surface area contributed by atoms with E-state index in [9.17, 15) is 0 Å². The molecule has 3 nitrogen and oxygen atoms in total. The highest BCUT2D eigenvalue weighted by Crippen LogP contribution is 2.34. The van der Waals surface area contributed by atoms with Crippen LogP contribution in [0.2, 0.25) is 0 Å². The molecule has 1 aromatic rings. The van der Waals surface area contributed by atoms with E-state index in [1.807, 2.05) is 18.2 Å². The fourth-order valence-electron chi connectivity index (χ4n) is 2.23. The van der Waals surface area contributed by atoms with Crippen LogP contribution in [0.15, 0.2) is 24.3 Å². The SMILES string of the molecule is COc1ccccc1CNC(CCO)C1CC1. The molecule has 2 N–H and O–H groups in total. The average molecular weight is 235 g/mol. The number of rotatable bonds is 7. The molecule has 3 heteroatoms. The summed E-state index contributed by atoms with van der Waals surface area (Å²) in [5.41, 5.74) is 1.18. The van der Waals surface area contributed by atoms with Crippen molar-refractivity contribution in [3.05, 3.63) is 29.8 Å². The van der Waals surface area contributed by atoms with Crippen molar-refractivity contribution in [1.82, 2.24) is 5.32 Å². The molecule has 1 fully saturated rings. The minimum Gasteiger partial charge on any atom is -0.496 e. The molecule has 17 heavy (non-hydrogen) atoms. The first-order valence-electron chi connectivity index (χ1n) is 6.31. The molecule has 0 heterocycles. The van der Waals surface area contributed by atoms with Crippen molar-refractivity contribution < 1.29 is 9.84 Å². The van der Waals surface area contributed by atoms with E-state index >= 15 is 0 Å². The van der Waals surface area contributed by atoms with Gasteiger partial charge in [0.25, 0.3) is 0 Å². The lowest BCUT2D eigenvalue weighted by Gasteiger charge is -2.18. The Morgan fingerprint density at radius 1 is 1.41 bits per heavy atom. The maximum atomic E-state index is 9.05. The Balaban J connectivity index is 1.91. The van der Waals surface area contributed by atoms with Crippen molar-refractivity contribution >= 4 is 0 Å². The average Bonchev–Trinajstić information content (AvgIpc) is 3.19. The summed E-state index contributed by atoms with van der Waals surface area (Å²) < 4.78 is 5.32. The van der Waals surface area contributed by atoms with Crippen molar-refractivity contribution in [3.8, 4) is 5.75 Å². The molecular weight excluding hydrogens is 214 g/mol. The standard InChI is InChI=1S/C14H21NO2/c1-17-14-5-3-2-4-12(14)10-15-13(8-9-16)11-6-7-11/h2-5,11,13,15-16H,6-10H2,1H3. The van der Waals surface area contributed by atoms with Gasteiger partial charge in [0, 0.05) is 24.8 Å². The molecule has 1 unspecified atom stereocenters. The minimum absolute atomic E-state index is 0.264. The summed E-state index contributed by atoms with van der Waals surface area (Å²) in [6, 6.07) is 8.51. The molecular formula is C14H21NO2. The van der Waals surface area contributed by atoms with Crippen LogP contribution in [0.3, 0.4) is 0 Å². The van der Waals surface area contributed by atoms with Gasteiger partial charge in [-0.3, -0.25) is 0 Å². The third-order valence-corrected chi connectivity index (χ3v) is 3.38. The Hall–Kier alpha value is -1.06. The zero-order valence-electron chi connectivity index (χ0n) is 10.4. The number of aliphatic hydroxyl groups is 1. The van der Waals surface area contributed by atoms with Gasteiger partial charge in [-0.05, 0) is 31.2 Å². The second-order valence-electron chi connectivity index (χ2n) is 4.65. The van der Waals surface area contributed by atoms with E-state index < -0.39 is 0 Å². The molecule has 0 spiro atoms. The van der Waals surface area contributed by atoms with Crippen LogP contribution in [0.4, 0.5) is 0 Å². The Morgan fingerprint density at radius 3 is 2.82 bits per heavy atom. The second kappa shape index (κ2) is 6.03. The van der Waals surface area contributed by atoms with Crippen LogP contribution >= 0.6 is 0 Å². The molecule has 0 radical (unpaired) electrons. The van der Waals surface area contributed by atoms with Crippen molar-refractivity contribution in [2.24, 2.45) is 5.92 Å². The highest BCUT2D eigenvalue weighted by atomic mass is 16.5. The van der Waals surface area contributed by atoms with E-state index in [-0.39, 0.29) is 6.61 Å². The lowest BCUT2D eigenvalue weighted by molar-refractivity contribution is 0.255. The monoisotopic (exact) mass is 235 g/mol. The number of benzene rings is 1. The number of aliphatic hydroxyl groups excluding tert-OH is 1. The third kappa shape index (κ3) is 3.45. The summed E-state index contributed by atoms with van der Waals surface area (Å²) >= 11 is 0. The van der Waals surface area contributed by atoms with Gasteiger partial charge in [0.05, 0.1) is 7.11 Å². The number of ether oxygens (including phenoxy) is 1. The van der Waals surface area contributed by atoms with Gasteiger partial charge in [0.15, 0.2) is 0 Å². The van der Waals surface area contributed by atoms with Gasteiger partial charge < -0.3 is 15.2 Å². The topological polar surface area (TPSA) is 41.5 Å². The van der Waals surface area contributed by atoms with Gasteiger partial charge in [-0.2, -0.15) is 0 Å². The predicted molar refractivity (Wildman–Crippen MR) is 68.0 cm³/mol. The summed E-state index contributed by atoms with van der Waals surface area (Å²) in [6.45, 7) is 1.07. The molecule has 0 bridgehead atoms. The molecule has 94 valence electrons. The number of hydrogen-bond acceptors (Lipinski definition) is 3. The smallest absolute Gasteiger partial charge is 0.123 e. The van der Waals surface area contributed by atoms with Crippen LogP contribution in [0.1, 0.15) is 24.8 Å². The number of hydrogen-bond donors (Lipinski definition) is 2. The van der Waals surface area contributed by atoms with Gasteiger partial charge in [0.2, 0.25) is 0 Å². The highest BCUT2D eigenvalue weighted by Gasteiger charge is 2.30. The van der Waals surface area contributed by atoms with E-state index in [0.29, 0.717) is 6.04 Å². The predicted octanol–water partition coefficient (Wildman–Crippen LogP) is 1.95. The Kier molecular flexibility index (Phi) is 4.40. The van der Waals surface area contributed by atoms with E-state index in [2.05, 4.69) is 11.4 Å². The zero-order valence-corrected chi connectivity index (χ0v) is 10.4. The van der Waals surface area contributed by atoms with Crippen molar-refractivity contribution in [2.75, 3.05) is 13.7 Å². The lowest BCUT2D eigenvalue weighted by Crippen LogP contribution is -2.31. The van der Waals surface area contributed by atoms with Crippen LogP contribution in [-0.2, 0) is 6.54 Å². The maximum absolute atomic E-state index is 9.05. The fraction of sp³-hybridized carbons (Fsp3) is 0.571. The van der Waals surface area contributed by atoms with Gasteiger partial charge in [0.1, 0.15) is 5.75 Å².